The molecule has 1 aliphatic heterocycles. The number of terminal acetylenes is 1. The molecular weight excluding hydrogens is 482 g/mol. The van der Waals surface area contributed by atoms with Crippen LogP contribution >= 0.6 is 0 Å². The van der Waals surface area contributed by atoms with Crippen molar-refractivity contribution in [2.75, 3.05) is 4.90 Å². The van der Waals surface area contributed by atoms with Crippen LogP contribution in [0, 0.1) is 12.3 Å². The lowest BCUT2D eigenvalue weighted by molar-refractivity contribution is 1.05. The van der Waals surface area contributed by atoms with Gasteiger partial charge in [0.2, 0.25) is 0 Å². The molecule has 0 spiro atoms. The fourth-order valence-electron chi connectivity index (χ4n) is 5.21. The summed E-state index contributed by atoms with van der Waals surface area (Å²) in [5, 5.41) is 0. The number of hydrogen-bond donors (Lipinski definition) is 0. The van der Waals surface area contributed by atoms with E-state index in [0.29, 0.717) is 0 Å². The first-order valence-corrected chi connectivity index (χ1v) is 13.7. The predicted molar refractivity (Wildman–Crippen MR) is 177 cm³/mol. The molecule has 0 saturated carbocycles. The van der Waals surface area contributed by atoms with Gasteiger partial charge in [0.05, 0.1) is 17.0 Å². The molecule has 0 atom stereocenters. The Labute approximate surface area is 242 Å². The van der Waals surface area contributed by atoms with Gasteiger partial charge in [0.15, 0.2) is 0 Å². The Morgan fingerprint density at radius 1 is 1.07 bits per heavy atom. The van der Waals surface area contributed by atoms with Crippen molar-refractivity contribution in [2.45, 2.75) is 54.4 Å². The van der Waals surface area contributed by atoms with Gasteiger partial charge in [0.1, 0.15) is 0 Å². The summed E-state index contributed by atoms with van der Waals surface area (Å²) in [6, 6.07) is 8.34. The maximum atomic E-state index is 6.33. The summed E-state index contributed by atoms with van der Waals surface area (Å²) in [7, 11) is 0. The number of benzene rings is 1. The second-order valence-electron chi connectivity index (χ2n) is 10.3. The molecule has 2 aliphatic rings. The van der Waals surface area contributed by atoms with Crippen molar-refractivity contribution in [3.05, 3.63) is 160 Å². The van der Waals surface area contributed by atoms with E-state index < -0.39 is 0 Å². The summed E-state index contributed by atoms with van der Waals surface area (Å²) < 4.78 is 0. The molecule has 202 valence electrons. The number of hydrogen-bond acceptors (Lipinski definition) is 1. The number of allylic oxidation sites excluding steroid dienone is 15. The van der Waals surface area contributed by atoms with E-state index in [0.717, 1.165) is 79.9 Å². The van der Waals surface area contributed by atoms with Crippen LogP contribution in [0.25, 0.3) is 5.57 Å². The molecule has 0 saturated heterocycles. The van der Waals surface area contributed by atoms with E-state index in [2.05, 4.69) is 121 Å². The number of rotatable bonds is 9. The number of nitrogens with zero attached hydrogens (tertiary/aromatic N) is 1. The minimum atomic E-state index is 0.733. The molecule has 1 heterocycles. The summed E-state index contributed by atoms with van der Waals surface area (Å²) in [5.74, 6) is 3.03. The minimum absolute atomic E-state index is 0.733. The van der Waals surface area contributed by atoms with Gasteiger partial charge in [0.25, 0.3) is 0 Å². The Morgan fingerprint density at radius 3 is 2.35 bits per heavy atom. The lowest BCUT2D eigenvalue weighted by Gasteiger charge is -2.29. The second kappa shape index (κ2) is 13.0. The molecule has 0 unspecified atom stereocenters. The van der Waals surface area contributed by atoms with Gasteiger partial charge in [0, 0.05) is 17.3 Å². The van der Waals surface area contributed by atoms with E-state index in [4.69, 9.17) is 6.42 Å². The predicted octanol–water partition coefficient (Wildman–Crippen LogP) is 10.7. The molecule has 1 aliphatic carbocycles. The summed E-state index contributed by atoms with van der Waals surface area (Å²) in [4.78, 5) is 2.20. The fourth-order valence-corrected chi connectivity index (χ4v) is 5.21. The van der Waals surface area contributed by atoms with Crippen molar-refractivity contribution in [1.29, 1.82) is 0 Å². The monoisotopic (exact) mass is 523 g/mol. The molecule has 0 N–H and O–H groups in total. The Balaban J connectivity index is 2.31. The standard InChI is InChI=1S/C39H41N/c1-12-34(30(9)29(8)33-21-15-16-22-33)31(10)35(13-2)32(11)36(14-3)39(28(7)26(4)5)40-25-19-20-27(6)37-23-17-18-24-38(37)40/h3,13,15-19,21,23-25H,2,6,8,11-12,20H2,1,4-5,7,9-10H3/b34-30+,35-31+,39-36+. The lowest BCUT2D eigenvalue weighted by atomic mass is 9.85. The van der Waals surface area contributed by atoms with E-state index in [1.807, 2.05) is 24.3 Å². The van der Waals surface area contributed by atoms with E-state index in [1.165, 1.54) is 11.1 Å². The van der Waals surface area contributed by atoms with Crippen molar-refractivity contribution in [2.24, 2.45) is 0 Å². The van der Waals surface area contributed by atoms with Crippen LogP contribution in [0.3, 0.4) is 0 Å². The molecule has 1 heteroatoms. The van der Waals surface area contributed by atoms with E-state index >= 15 is 0 Å². The van der Waals surface area contributed by atoms with E-state index in [9.17, 15) is 0 Å². The van der Waals surface area contributed by atoms with Crippen LogP contribution in [0.5, 0.6) is 0 Å². The molecule has 0 radical (unpaired) electrons. The van der Waals surface area contributed by atoms with E-state index in [-0.39, 0.29) is 0 Å². The first-order chi connectivity index (χ1) is 19.1. The molecule has 0 aromatic heterocycles. The first-order valence-electron chi connectivity index (χ1n) is 13.7. The zero-order valence-electron chi connectivity index (χ0n) is 25.0. The topological polar surface area (TPSA) is 3.24 Å². The number of para-hydroxylation sites is 1. The van der Waals surface area contributed by atoms with Crippen molar-refractivity contribution >= 4 is 11.3 Å². The maximum absolute atomic E-state index is 6.33. The van der Waals surface area contributed by atoms with Gasteiger partial charge in [-0.15, -0.1) is 12.2 Å². The van der Waals surface area contributed by atoms with Crippen molar-refractivity contribution in [3.8, 4) is 12.3 Å². The minimum Gasteiger partial charge on any atom is -0.315 e. The molecular formula is C39H41N. The number of fused-ring (bicyclic) bond motifs is 1. The first kappa shape index (κ1) is 30.0. The molecule has 0 fully saturated rings. The average molecular weight is 524 g/mol. The second-order valence-corrected chi connectivity index (χ2v) is 10.3. The van der Waals surface area contributed by atoms with Crippen LogP contribution in [0.1, 0.15) is 59.9 Å². The Morgan fingerprint density at radius 2 is 1.77 bits per heavy atom. The summed E-state index contributed by atoms with van der Waals surface area (Å²) >= 11 is 0. The fraction of sp³-hybridized carbons (Fsp3) is 0.205. The molecule has 0 amide bonds. The lowest BCUT2D eigenvalue weighted by Crippen LogP contribution is -2.20. The Hall–Kier alpha value is -4.50. The third-order valence-electron chi connectivity index (χ3n) is 7.76. The third kappa shape index (κ3) is 5.89. The molecule has 3 rings (SSSR count). The van der Waals surface area contributed by atoms with Gasteiger partial charge < -0.3 is 4.90 Å². The smallest absolute Gasteiger partial charge is 0.0646 e. The SMILES string of the molecule is C#C/C(C(=C)/C(C=C)=C(C)/C(CC)=C(\C)C(=C)C1=C=CC=C1)=C(/C(C)=C(C)C)N1C=CCC(=C)c2ccccc21. The Bertz CT molecular complexity index is 1580. The molecule has 1 aromatic rings. The maximum Gasteiger partial charge on any atom is 0.0646 e. The quantitative estimate of drug-likeness (QED) is 0.177. The van der Waals surface area contributed by atoms with Crippen molar-refractivity contribution in [1.82, 2.24) is 0 Å². The molecule has 1 nitrogen and oxygen atoms in total. The Kier molecular flexibility index (Phi) is 9.79. The van der Waals surface area contributed by atoms with Crippen LogP contribution in [-0.4, -0.2) is 0 Å². The highest BCUT2D eigenvalue weighted by molar-refractivity contribution is 5.82. The third-order valence-corrected chi connectivity index (χ3v) is 7.76. The van der Waals surface area contributed by atoms with Crippen LogP contribution in [0.15, 0.2) is 154 Å². The zero-order valence-corrected chi connectivity index (χ0v) is 25.0. The normalized spacial score (nSPS) is 15.7. The molecule has 0 bridgehead atoms. The van der Waals surface area contributed by atoms with Crippen molar-refractivity contribution < 1.29 is 0 Å². The van der Waals surface area contributed by atoms with Crippen LogP contribution in [0.2, 0.25) is 0 Å². The molecule has 40 heavy (non-hydrogen) atoms. The summed E-state index contributed by atoms with van der Waals surface area (Å²) in [6.07, 6.45) is 20.0. The summed E-state index contributed by atoms with van der Waals surface area (Å²) in [6.45, 7) is 30.2. The highest BCUT2D eigenvalue weighted by atomic mass is 15.1. The van der Waals surface area contributed by atoms with Gasteiger partial charge >= 0.3 is 0 Å². The summed E-state index contributed by atoms with van der Waals surface area (Å²) in [5.41, 5.74) is 17.5. The zero-order chi connectivity index (χ0) is 29.6. The van der Waals surface area contributed by atoms with Gasteiger partial charge in [-0.2, -0.15) is 0 Å². The van der Waals surface area contributed by atoms with Gasteiger partial charge in [-0.05, 0) is 110 Å². The van der Waals surface area contributed by atoms with Gasteiger partial charge in [-0.25, -0.2) is 0 Å². The van der Waals surface area contributed by atoms with Gasteiger partial charge in [-0.1, -0.05) is 81.2 Å². The average Bonchev–Trinajstić information content (AvgIpc) is 3.44. The van der Waals surface area contributed by atoms with Crippen LogP contribution in [0.4, 0.5) is 5.69 Å². The van der Waals surface area contributed by atoms with Crippen LogP contribution in [-0.2, 0) is 0 Å². The highest BCUT2D eigenvalue weighted by Crippen LogP contribution is 2.40. The molecule has 1 aromatic carbocycles. The number of anilines is 1. The largest absolute Gasteiger partial charge is 0.315 e. The van der Waals surface area contributed by atoms with Gasteiger partial charge in [-0.3, -0.25) is 0 Å². The highest BCUT2D eigenvalue weighted by Gasteiger charge is 2.24. The van der Waals surface area contributed by atoms with Crippen LogP contribution < -0.4 is 4.90 Å². The van der Waals surface area contributed by atoms with E-state index in [1.54, 1.807) is 0 Å². The van der Waals surface area contributed by atoms with Crippen molar-refractivity contribution in [3.63, 3.8) is 0 Å².